The lowest BCUT2D eigenvalue weighted by molar-refractivity contribution is -0.141. The van der Waals surface area contributed by atoms with E-state index >= 15 is 0 Å². The van der Waals surface area contributed by atoms with Gasteiger partial charge >= 0.3 is 5.97 Å². The summed E-state index contributed by atoms with van der Waals surface area (Å²) >= 11 is 8.04. The Morgan fingerprint density at radius 3 is 2.78 bits per heavy atom. The van der Waals surface area contributed by atoms with Crippen molar-refractivity contribution in [2.45, 2.75) is 19.4 Å². The van der Waals surface area contributed by atoms with Crippen molar-refractivity contribution in [3.8, 4) is 0 Å². The van der Waals surface area contributed by atoms with Crippen LogP contribution < -0.4 is 5.32 Å². The van der Waals surface area contributed by atoms with Crippen molar-refractivity contribution < 1.29 is 23.8 Å². The molecule has 0 aromatic heterocycles. The molecular weight excluding hydrogens is 504 g/mol. The lowest BCUT2D eigenvalue weighted by Gasteiger charge is -2.36. The number of amidine groups is 1. The SMILES string of the molecule is COCCOC(=O)C1=C(C)N=C2SC=C(CC(=O)NCCN3CCOCC3)N2[C@@H]1c1ccccc1Cl. The Morgan fingerprint density at radius 2 is 2.03 bits per heavy atom. The normalized spacial score (nSPS) is 20.1. The number of hydrogen-bond acceptors (Lipinski definition) is 9. The summed E-state index contributed by atoms with van der Waals surface area (Å²) in [5, 5.41) is 6.14. The van der Waals surface area contributed by atoms with Gasteiger partial charge in [0.05, 0.1) is 43.6 Å². The number of halogens is 1. The van der Waals surface area contributed by atoms with E-state index in [1.54, 1.807) is 20.1 Å². The van der Waals surface area contributed by atoms with Crippen molar-refractivity contribution in [2.75, 3.05) is 59.7 Å². The van der Waals surface area contributed by atoms with Crippen molar-refractivity contribution in [2.24, 2.45) is 4.99 Å². The summed E-state index contributed by atoms with van der Waals surface area (Å²) in [5.41, 5.74) is 2.45. The number of allylic oxidation sites excluding steroid dienone is 1. The van der Waals surface area contributed by atoms with E-state index in [1.165, 1.54) is 11.8 Å². The van der Waals surface area contributed by atoms with Crippen LogP contribution in [0.4, 0.5) is 0 Å². The zero-order chi connectivity index (χ0) is 25.5. The molecule has 1 aromatic carbocycles. The Morgan fingerprint density at radius 1 is 1.25 bits per heavy atom. The van der Waals surface area contributed by atoms with Crippen molar-refractivity contribution >= 4 is 40.4 Å². The van der Waals surface area contributed by atoms with Crippen LogP contribution >= 0.6 is 23.4 Å². The Hall–Kier alpha value is -2.37. The minimum Gasteiger partial charge on any atom is -0.460 e. The summed E-state index contributed by atoms with van der Waals surface area (Å²) in [5.74, 6) is -0.576. The lowest BCUT2D eigenvalue weighted by Crippen LogP contribution is -2.42. The van der Waals surface area contributed by atoms with Crippen LogP contribution in [0.2, 0.25) is 5.02 Å². The van der Waals surface area contributed by atoms with Gasteiger partial charge in [0.1, 0.15) is 6.61 Å². The molecule has 0 unspecified atom stereocenters. The molecule has 4 rings (SSSR count). The fourth-order valence-corrected chi connectivity index (χ4v) is 5.53. The minimum atomic E-state index is -0.566. The van der Waals surface area contributed by atoms with E-state index in [4.69, 9.17) is 25.8 Å². The number of fused-ring (bicyclic) bond motifs is 1. The number of nitrogens with zero attached hydrogens (tertiary/aromatic N) is 3. The second-order valence-electron chi connectivity index (χ2n) is 8.52. The highest BCUT2D eigenvalue weighted by Gasteiger charge is 2.41. The van der Waals surface area contributed by atoms with Gasteiger partial charge in [0.2, 0.25) is 5.91 Å². The third-order valence-corrected chi connectivity index (χ3v) is 7.37. The molecule has 0 saturated carbocycles. The number of hydrogen-bond donors (Lipinski definition) is 1. The molecule has 1 aromatic rings. The van der Waals surface area contributed by atoms with Crippen LogP contribution in [0.5, 0.6) is 0 Å². The van der Waals surface area contributed by atoms with Crippen molar-refractivity contribution in [1.82, 2.24) is 15.1 Å². The molecule has 3 aliphatic heterocycles. The zero-order valence-corrected chi connectivity index (χ0v) is 22.1. The molecule has 0 bridgehead atoms. The number of carbonyl (C=O) groups excluding carboxylic acids is 2. The Kier molecular flexibility index (Phi) is 9.44. The smallest absolute Gasteiger partial charge is 0.338 e. The van der Waals surface area contributed by atoms with Crippen LogP contribution in [0, 0.1) is 0 Å². The standard InChI is InChI=1S/C25H31ClN4O5S/c1-17-22(24(32)35-14-13-33-2)23(19-5-3-4-6-20(19)26)30-18(16-36-25(30)28-17)15-21(31)27-7-8-29-9-11-34-12-10-29/h3-6,16,23H,7-15H2,1-2H3,(H,27,31)/t23-/m1/s1. The van der Waals surface area contributed by atoms with E-state index in [1.807, 2.05) is 28.5 Å². The average Bonchev–Trinajstić information content (AvgIpc) is 3.26. The summed E-state index contributed by atoms with van der Waals surface area (Å²) in [4.78, 5) is 34.9. The van der Waals surface area contributed by atoms with Gasteiger partial charge in [-0.3, -0.25) is 9.69 Å². The van der Waals surface area contributed by atoms with Crippen molar-refractivity contribution in [1.29, 1.82) is 0 Å². The molecule has 1 N–H and O–H groups in total. The number of benzene rings is 1. The number of aliphatic imine (C=N–C) groups is 1. The number of nitrogens with one attached hydrogen (secondary N) is 1. The van der Waals surface area contributed by atoms with Crippen LogP contribution in [0.1, 0.15) is 24.9 Å². The summed E-state index contributed by atoms with van der Waals surface area (Å²) in [6.07, 6.45) is 0.154. The number of ether oxygens (including phenoxy) is 3. The van der Waals surface area contributed by atoms with Gasteiger partial charge in [0.15, 0.2) is 5.17 Å². The predicted octanol–water partition coefficient (Wildman–Crippen LogP) is 2.94. The topological polar surface area (TPSA) is 92.7 Å². The fraction of sp³-hybridized carbons (Fsp3) is 0.480. The number of esters is 1. The average molecular weight is 535 g/mol. The Labute approximate surface area is 220 Å². The lowest BCUT2D eigenvalue weighted by atomic mass is 9.93. The molecule has 1 amide bonds. The molecule has 3 heterocycles. The number of thioether (sulfide) groups is 1. The first-order valence-corrected chi connectivity index (χ1v) is 13.2. The number of morpholine rings is 1. The molecule has 9 nitrogen and oxygen atoms in total. The molecule has 3 aliphatic rings. The summed E-state index contributed by atoms with van der Waals surface area (Å²) in [7, 11) is 1.55. The monoisotopic (exact) mass is 534 g/mol. The summed E-state index contributed by atoms with van der Waals surface area (Å²) in [6.45, 7) is 6.74. The van der Waals surface area contributed by atoms with E-state index in [2.05, 4.69) is 15.2 Å². The maximum Gasteiger partial charge on any atom is 0.338 e. The van der Waals surface area contributed by atoms with Crippen LogP contribution in [0.15, 0.2) is 51.6 Å². The predicted molar refractivity (Wildman–Crippen MR) is 140 cm³/mol. The first-order valence-electron chi connectivity index (χ1n) is 11.9. The highest BCUT2D eigenvalue weighted by Crippen LogP contribution is 2.46. The number of methoxy groups -OCH3 is 1. The second kappa shape index (κ2) is 12.7. The van der Waals surface area contributed by atoms with Gasteiger partial charge < -0.3 is 24.4 Å². The molecule has 0 radical (unpaired) electrons. The quantitative estimate of drug-likeness (QED) is 0.362. The van der Waals surface area contributed by atoms with Gasteiger partial charge in [-0.2, -0.15) is 0 Å². The van der Waals surface area contributed by atoms with Crippen molar-refractivity contribution in [3.05, 3.63) is 57.2 Å². The van der Waals surface area contributed by atoms with Crippen LogP contribution in [0.3, 0.4) is 0 Å². The minimum absolute atomic E-state index is 0.0928. The highest BCUT2D eigenvalue weighted by atomic mass is 35.5. The molecular formula is C25H31ClN4O5S. The zero-order valence-electron chi connectivity index (χ0n) is 20.5. The van der Waals surface area contributed by atoms with E-state index in [0.717, 1.165) is 44.1 Å². The molecule has 11 heteroatoms. The third-order valence-electron chi connectivity index (χ3n) is 6.14. The van der Waals surface area contributed by atoms with E-state index in [-0.39, 0.29) is 18.9 Å². The van der Waals surface area contributed by atoms with Gasteiger partial charge in [-0.1, -0.05) is 41.6 Å². The van der Waals surface area contributed by atoms with Crippen molar-refractivity contribution in [3.63, 3.8) is 0 Å². The molecule has 1 saturated heterocycles. The number of rotatable bonds is 10. The van der Waals surface area contributed by atoms with Gasteiger partial charge in [-0.15, -0.1) is 0 Å². The number of carbonyl (C=O) groups is 2. The maximum absolute atomic E-state index is 13.2. The Balaban J connectivity index is 1.52. The van der Waals surface area contributed by atoms with Gasteiger partial charge in [-0.05, 0) is 24.0 Å². The van der Waals surface area contributed by atoms with E-state index in [0.29, 0.717) is 34.6 Å². The summed E-state index contributed by atoms with van der Waals surface area (Å²) < 4.78 is 15.9. The Bertz CT molecular complexity index is 1070. The second-order valence-corrected chi connectivity index (χ2v) is 9.77. The first kappa shape index (κ1) is 26.7. The van der Waals surface area contributed by atoms with Crippen LogP contribution in [-0.2, 0) is 23.8 Å². The van der Waals surface area contributed by atoms with Crippen LogP contribution in [0.25, 0.3) is 0 Å². The third kappa shape index (κ3) is 6.30. The van der Waals surface area contributed by atoms with Gasteiger partial charge in [0, 0.05) is 44.0 Å². The first-order chi connectivity index (χ1) is 17.5. The molecule has 0 spiro atoms. The van der Waals surface area contributed by atoms with Gasteiger partial charge in [0.25, 0.3) is 0 Å². The van der Waals surface area contributed by atoms with Crippen LogP contribution in [-0.4, -0.2) is 86.6 Å². The van der Waals surface area contributed by atoms with E-state index in [9.17, 15) is 9.59 Å². The maximum atomic E-state index is 13.2. The number of amides is 1. The molecule has 194 valence electrons. The largest absolute Gasteiger partial charge is 0.460 e. The van der Waals surface area contributed by atoms with Gasteiger partial charge in [-0.25, -0.2) is 9.79 Å². The molecule has 0 aliphatic carbocycles. The highest BCUT2D eigenvalue weighted by molar-refractivity contribution is 8.16. The summed E-state index contributed by atoms with van der Waals surface area (Å²) in [6, 6.07) is 6.82. The molecule has 36 heavy (non-hydrogen) atoms. The molecule has 1 atom stereocenters. The fourth-order valence-electron chi connectivity index (χ4n) is 4.32. The molecule has 1 fully saturated rings. The van der Waals surface area contributed by atoms with E-state index < -0.39 is 12.0 Å².